The second-order valence-corrected chi connectivity index (χ2v) is 2.93. The van der Waals surface area contributed by atoms with E-state index in [9.17, 15) is 0 Å². The van der Waals surface area contributed by atoms with Crippen LogP contribution in [0.15, 0.2) is 0 Å². The monoisotopic (exact) mass is 144 g/mol. The highest BCUT2D eigenvalue weighted by atomic mass is 16.5. The van der Waals surface area contributed by atoms with Crippen LogP contribution < -0.4 is 0 Å². The Labute approximate surface area is 62.5 Å². The van der Waals surface area contributed by atoms with Gasteiger partial charge in [-0.15, -0.1) is 0 Å². The first-order chi connectivity index (χ1) is 4.84. The summed E-state index contributed by atoms with van der Waals surface area (Å²) in [6.07, 6.45) is 0. The van der Waals surface area contributed by atoms with Crippen LogP contribution in [0.25, 0.3) is 0 Å². The summed E-state index contributed by atoms with van der Waals surface area (Å²) in [4.78, 5) is 0. The van der Waals surface area contributed by atoms with Crippen LogP contribution in [0.3, 0.4) is 0 Å². The Kier molecular flexibility index (Phi) is 3.16. The minimum atomic E-state index is 0.675. The molecule has 2 heteroatoms. The van der Waals surface area contributed by atoms with E-state index in [1.54, 1.807) is 0 Å². The molecule has 0 aromatic heterocycles. The van der Waals surface area contributed by atoms with Gasteiger partial charge in [-0.1, -0.05) is 6.92 Å². The van der Waals surface area contributed by atoms with Gasteiger partial charge in [0.15, 0.2) is 0 Å². The average Bonchev–Trinajstić information content (AvgIpc) is 1.79. The number of rotatable bonds is 4. The van der Waals surface area contributed by atoms with Crippen LogP contribution >= 0.6 is 0 Å². The maximum absolute atomic E-state index is 5.30. The highest BCUT2D eigenvalue weighted by molar-refractivity contribution is 4.71. The van der Waals surface area contributed by atoms with Gasteiger partial charge in [0.2, 0.25) is 0 Å². The number of hydrogen-bond donors (Lipinski definition) is 0. The smallest absolute Gasteiger partial charge is 0.0519 e. The van der Waals surface area contributed by atoms with Crippen molar-refractivity contribution in [3.05, 3.63) is 0 Å². The molecule has 0 aromatic rings. The van der Waals surface area contributed by atoms with Crippen LogP contribution in [-0.4, -0.2) is 26.4 Å². The van der Waals surface area contributed by atoms with Crippen LogP contribution in [-0.2, 0) is 9.47 Å². The molecule has 0 amide bonds. The Morgan fingerprint density at radius 2 is 2.30 bits per heavy atom. The topological polar surface area (TPSA) is 18.5 Å². The first-order valence-electron chi connectivity index (χ1n) is 4.00. The molecule has 1 saturated heterocycles. The summed E-state index contributed by atoms with van der Waals surface area (Å²) in [5, 5.41) is 0. The maximum Gasteiger partial charge on any atom is 0.0519 e. The molecule has 1 heterocycles. The molecule has 0 spiro atoms. The molecule has 1 fully saturated rings. The molecular weight excluding hydrogens is 128 g/mol. The van der Waals surface area contributed by atoms with E-state index in [-0.39, 0.29) is 0 Å². The fourth-order valence-electron chi connectivity index (χ4n) is 1.02. The molecule has 1 rings (SSSR count). The fourth-order valence-corrected chi connectivity index (χ4v) is 1.02. The molecule has 60 valence electrons. The second kappa shape index (κ2) is 3.94. The van der Waals surface area contributed by atoms with Crippen molar-refractivity contribution in [2.24, 2.45) is 11.8 Å². The maximum atomic E-state index is 5.30. The second-order valence-electron chi connectivity index (χ2n) is 2.93. The normalized spacial score (nSPS) is 22.2. The molecule has 0 bridgehead atoms. The third-order valence-corrected chi connectivity index (χ3v) is 2.05. The third kappa shape index (κ3) is 1.96. The van der Waals surface area contributed by atoms with Crippen molar-refractivity contribution in [3.63, 3.8) is 0 Å². The van der Waals surface area contributed by atoms with Crippen molar-refractivity contribution in [1.82, 2.24) is 0 Å². The molecule has 0 unspecified atom stereocenters. The van der Waals surface area contributed by atoms with Gasteiger partial charge in [0.1, 0.15) is 0 Å². The Morgan fingerprint density at radius 3 is 2.70 bits per heavy atom. The van der Waals surface area contributed by atoms with E-state index in [0.29, 0.717) is 5.92 Å². The third-order valence-electron chi connectivity index (χ3n) is 2.05. The van der Waals surface area contributed by atoms with Gasteiger partial charge in [0, 0.05) is 19.1 Å². The van der Waals surface area contributed by atoms with Crippen molar-refractivity contribution in [3.8, 4) is 0 Å². The summed E-state index contributed by atoms with van der Waals surface area (Å²) >= 11 is 0. The predicted molar refractivity (Wildman–Crippen MR) is 40.0 cm³/mol. The van der Waals surface area contributed by atoms with Gasteiger partial charge in [-0.3, -0.25) is 0 Å². The van der Waals surface area contributed by atoms with Gasteiger partial charge in [-0.2, -0.15) is 0 Å². The van der Waals surface area contributed by atoms with Crippen molar-refractivity contribution in [1.29, 1.82) is 0 Å². The molecule has 0 aliphatic carbocycles. The van der Waals surface area contributed by atoms with Crippen molar-refractivity contribution in [2.75, 3.05) is 26.4 Å². The van der Waals surface area contributed by atoms with Crippen molar-refractivity contribution >= 4 is 0 Å². The predicted octanol–water partition coefficient (Wildman–Crippen LogP) is 1.31. The average molecular weight is 144 g/mol. The van der Waals surface area contributed by atoms with Crippen molar-refractivity contribution < 1.29 is 9.47 Å². The molecule has 0 radical (unpaired) electrons. The Hall–Kier alpha value is -0.0800. The van der Waals surface area contributed by atoms with E-state index in [4.69, 9.17) is 9.47 Å². The lowest BCUT2D eigenvalue weighted by molar-refractivity contribution is -0.0729. The highest BCUT2D eigenvalue weighted by Gasteiger charge is 2.24. The number of hydrogen-bond acceptors (Lipinski definition) is 2. The molecular formula is C8H16O2. The molecule has 0 saturated carbocycles. The summed E-state index contributed by atoms with van der Waals surface area (Å²) < 4.78 is 10.4. The van der Waals surface area contributed by atoms with Crippen LogP contribution in [0, 0.1) is 11.8 Å². The van der Waals surface area contributed by atoms with Gasteiger partial charge in [0.25, 0.3) is 0 Å². The number of ether oxygens (including phenoxy) is 2. The molecule has 1 atom stereocenters. The summed E-state index contributed by atoms with van der Waals surface area (Å²) in [7, 11) is 0. The zero-order chi connectivity index (χ0) is 7.40. The summed E-state index contributed by atoms with van der Waals surface area (Å²) in [5.74, 6) is 1.43. The van der Waals surface area contributed by atoms with Crippen LogP contribution in [0.5, 0.6) is 0 Å². The van der Waals surface area contributed by atoms with Gasteiger partial charge >= 0.3 is 0 Å². The lowest BCUT2D eigenvalue weighted by atomic mass is 9.93. The summed E-state index contributed by atoms with van der Waals surface area (Å²) in [5.41, 5.74) is 0. The zero-order valence-corrected chi connectivity index (χ0v) is 6.80. The Bertz CT molecular complexity index is 89.3. The minimum Gasteiger partial charge on any atom is -0.381 e. The van der Waals surface area contributed by atoms with Crippen LogP contribution in [0.2, 0.25) is 0 Å². The summed E-state index contributed by atoms with van der Waals surface area (Å²) in [6.45, 7) is 7.86. The molecule has 1 aliphatic heterocycles. The minimum absolute atomic E-state index is 0.675. The highest BCUT2D eigenvalue weighted by Crippen LogP contribution is 2.20. The molecule has 2 nitrogen and oxygen atoms in total. The first-order valence-corrected chi connectivity index (χ1v) is 4.00. The SMILES string of the molecule is CCOC[C@H](C)C1COC1. The quantitative estimate of drug-likeness (QED) is 0.592. The lowest BCUT2D eigenvalue weighted by Crippen LogP contribution is -2.35. The molecule has 0 N–H and O–H groups in total. The Morgan fingerprint density at radius 1 is 1.60 bits per heavy atom. The van der Waals surface area contributed by atoms with E-state index in [1.165, 1.54) is 0 Å². The molecule has 10 heavy (non-hydrogen) atoms. The standard InChI is InChI=1S/C8H16O2/c1-3-9-4-7(2)8-5-10-6-8/h7-8H,3-6H2,1-2H3/t7-/m0/s1. The largest absolute Gasteiger partial charge is 0.381 e. The van der Waals surface area contributed by atoms with Crippen LogP contribution in [0.1, 0.15) is 13.8 Å². The Balaban J connectivity index is 2.02. The first kappa shape index (κ1) is 8.02. The summed E-state index contributed by atoms with van der Waals surface area (Å²) in [6, 6.07) is 0. The zero-order valence-electron chi connectivity index (χ0n) is 6.80. The van der Waals surface area contributed by atoms with Gasteiger partial charge in [-0.05, 0) is 12.8 Å². The lowest BCUT2D eigenvalue weighted by Gasteiger charge is -2.31. The van der Waals surface area contributed by atoms with Gasteiger partial charge in [0.05, 0.1) is 13.2 Å². The van der Waals surface area contributed by atoms with Gasteiger partial charge < -0.3 is 9.47 Å². The molecule has 0 aromatic carbocycles. The van der Waals surface area contributed by atoms with E-state index in [2.05, 4.69) is 6.92 Å². The van der Waals surface area contributed by atoms with Gasteiger partial charge in [-0.25, -0.2) is 0 Å². The molecule has 1 aliphatic rings. The van der Waals surface area contributed by atoms with E-state index < -0.39 is 0 Å². The van der Waals surface area contributed by atoms with E-state index >= 15 is 0 Å². The van der Waals surface area contributed by atoms with E-state index in [1.807, 2.05) is 6.92 Å². The fraction of sp³-hybridized carbons (Fsp3) is 1.00. The van der Waals surface area contributed by atoms with Crippen LogP contribution in [0.4, 0.5) is 0 Å². The van der Waals surface area contributed by atoms with E-state index in [0.717, 1.165) is 32.3 Å². The van der Waals surface area contributed by atoms with Crippen molar-refractivity contribution in [2.45, 2.75) is 13.8 Å².